The van der Waals surface area contributed by atoms with Gasteiger partial charge >= 0.3 is 29.4 Å². The minimum Gasteiger partial charge on any atom is -0.872 e. The van der Waals surface area contributed by atoms with Gasteiger partial charge in [-0.05, 0) is 42.0 Å². The molecule has 9 N–H and O–H groups in total. The van der Waals surface area contributed by atoms with E-state index in [-0.39, 0.29) is 56.9 Å². The van der Waals surface area contributed by atoms with E-state index in [1.165, 1.54) is 54.7 Å². The number of hydrogen-bond donors (Lipinski definition) is 9. The molecule has 0 bridgehead atoms. The van der Waals surface area contributed by atoms with Crippen molar-refractivity contribution < 1.29 is 85.6 Å². The lowest BCUT2D eigenvalue weighted by Gasteiger charge is -2.19. The molecule has 1 saturated heterocycles. The van der Waals surface area contributed by atoms with E-state index < -0.39 is 71.9 Å². The number of hydrogen-bond acceptors (Lipinski definition) is 15. The number of benzene rings is 3. The fourth-order valence-electron chi connectivity index (χ4n) is 5.99. The predicted octanol–water partition coefficient (Wildman–Crippen LogP) is 1.31. The van der Waals surface area contributed by atoms with Crippen LogP contribution in [0, 0.1) is 11.8 Å². The first kappa shape index (κ1) is 43.3. The van der Waals surface area contributed by atoms with E-state index >= 15 is 0 Å². The number of ether oxygens (including phenoxy) is 1. The van der Waals surface area contributed by atoms with Crippen LogP contribution < -0.4 is 21.4 Å². The topological polar surface area (TPSA) is 362 Å². The highest BCUT2D eigenvalue weighted by Gasteiger charge is 2.47. The molecule has 2 aliphatic heterocycles. The smallest absolute Gasteiger partial charge is 0.490 e. The third-order valence-electron chi connectivity index (χ3n) is 8.44. The molecule has 1 fully saturated rings. The molecule has 3 heterocycles. The Hall–Kier alpha value is -5.33. The number of aromatic nitrogens is 1. The summed E-state index contributed by atoms with van der Waals surface area (Å²) >= 11 is 0. The lowest BCUT2D eigenvalue weighted by atomic mass is 9.90. The maximum absolute atomic E-state index is 13.1. The quantitative estimate of drug-likeness (QED) is 0.0484. The molecule has 59 heavy (non-hydrogen) atoms. The molecule has 0 spiro atoms. The van der Waals surface area contributed by atoms with Crippen LogP contribution in [0.3, 0.4) is 0 Å². The molecule has 25 heteroatoms. The SMILES string of the molecule is O=C(NCC#Cc1c[nH]c(=O)c([C@@H]2O[C@H](COP(=O)(O)OP(=O)(O)OP(=O)(O)O)[C@@H](O)[C@H]2O)c1)c1ccc(-c2c3ccc(=O)cc-3oc3cc([O-])ccc23)c(C(=O)O)c1. The number of H-pyrrole nitrogens is 1. The number of aliphatic hydroxyl groups excluding tert-OH is 2. The molecule has 1 amide bonds. The Balaban J connectivity index is 1.14. The van der Waals surface area contributed by atoms with Gasteiger partial charge in [0, 0.05) is 45.5 Å². The van der Waals surface area contributed by atoms with Crippen LogP contribution in [0.15, 0.2) is 80.9 Å². The third kappa shape index (κ3) is 10.1. The first-order valence-electron chi connectivity index (χ1n) is 16.5. The molecule has 1 aromatic heterocycles. The van der Waals surface area contributed by atoms with Crippen LogP contribution in [0.4, 0.5) is 0 Å². The molecule has 2 unspecified atom stereocenters. The fourth-order valence-corrected chi connectivity index (χ4v) is 9.02. The molecule has 0 radical (unpaired) electrons. The summed E-state index contributed by atoms with van der Waals surface area (Å²) in [6.07, 6.45) is -5.82. The van der Waals surface area contributed by atoms with Gasteiger partial charge in [0.2, 0.25) is 0 Å². The number of aromatic carboxylic acids is 1. The number of phosphoric acid groups is 3. The molecular weight excluding hydrogens is 849 g/mol. The standard InChI is InChI=1S/C34H29N2O20P3/c37-18-4-7-21-25(12-18)53-26-13-19(38)5-8-22(26)28(21)20-6-3-17(11-23(20)34(43)44)32(41)35-9-1-2-16-10-24(33(42)36-14-16)31-30(40)29(39)27(54-31)15-52-58(48,49)56-59(50,51)55-57(45,46)47/h3-8,10-14,27,29-31,37,39-40H,9,15H2,(H,35,41)(H,36,42)(H,43,44)(H,48,49)(H,50,51)(H2,45,46,47)/p-1/t27-,29-,30-,31+/m1/s1. The van der Waals surface area contributed by atoms with E-state index in [2.05, 4.69) is 35.3 Å². The molecule has 0 saturated carbocycles. The van der Waals surface area contributed by atoms with Crippen molar-refractivity contribution in [3.63, 3.8) is 0 Å². The predicted molar refractivity (Wildman–Crippen MR) is 197 cm³/mol. The van der Waals surface area contributed by atoms with Crippen LogP contribution >= 0.6 is 23.5 Å². The van der Waals surface area contributed by atoms with Crippen LogP contribution in [0.25, 0.3) is 33.4 Å². The Morgan fingerprint density at radius 1 is 0.898 bits per heavy atom. The van der Waals surface area contributed by atoms with E-state index in [1.807, 2.05) is 0 Å². The van der Waals surface area contributed by atoms with Gasteiger partial charge in [-0.3, -0.25) is 18.9 Å². The second-order valence-corrected chi connectivity index (χ2v) is 16.9. The fraction of sp³-hybridized carbons (Fsp3) is 0.176. The van der Waals surface area contributed by atoms with Crippen LogP contribution in [0.5, 0.6) is 5.75 Å². The lowest BCUT2D eigenvalue weighted by molar-refractivity contribution is -0.268. The van der Waals surface area contributed by atoms with Crippen molar-refractivity contribution in [2.75, 3.05) is 13.2 Å². The Bertz CT molecular complexity index is 2790. The van der Waals surface area contributed by atoms with Gasteiger partial charge in [0.15, 0.2) is 5.43 Å². The Morgan fingerprint density at radius 2 is 1.63 bits per heavy atom. The number of amides is 1. The molecule has 3 aliphatic rings. The number of carboxylic acid groups (broad SMARTS) is 1. The van der Waals surface area contributed by atoms with Crippen molar-refractivity contribution in [1.29, 1.82) is 0 Å². The Kier molecular flexibility index (Phi) is 12.3. The zero-order valence-electron chi connectivity index (χ0n) is 29.4. The van der Waals surface area contributed by atoms with Gasteiger partial charge in [0.05, 0.1) is 18.7 Å². The molecule has 3 aromatic rings. The molecule has 6 atom stereocenters. The maximum Gasteiger partial charge on any atom is 0.490 e. The van der Waals surface area contributed by atoms with E-state index in [0.29, 0.717) is 16.5 Å². The lowest BCUT2D eigenvalue weighted by Crippen LogP contribution is -2.33. The number of rotatable bonds is 12. The number of aliphatic hydroxyl groups is 2. The zero-order chi connectivity index (χ0) is 43.0. The van der Waals surface area contributed by atoms with E-state index in [0.717, 1.165) is 12.1 Å². The molecule has 22 nitrogen and oxygen atoms in total. The van der Waals surface area contributed by atoms with Crippen molar-refractivity contribution in [3.8, 4) is 40.0 Å². The summed E-state index contributed by atoms with van der Waals surface area (Å²) in [5.74, 6) is 2.90. The number of aromatic amines is 1. The molecule has 310 valence electrons. The first-order valence-corrected chi connectivity index (χ1v) is 21.0. The Labute approximate surface area is 329 Å². The van der Waals surface area contributed by atoms with Crippen molar-refractivity contribution in [2.24, 2.45) is 0 Å². The molecule has 6 rings (SSSR count). The molecular formula is C34H28N2O20P3-. The highest BCUT2D eigenvalue weighted by molar-refractivity contribution is 7.66. The van der Waals surface area contributed by atoms with Crippen LogP contribution in [-0.2, 0) is 31.6 Å². The summed E-state index contributed by atoms with van der Waals surface area (Å²) in [5.41, 5.74) is -0.722. The van der Waals surface area contributed by atoms with Crippen molar-refractivity contribution in [3.05, 3.63) is 110 Å². The average Bonchev–Trinajstić information content (AvgIpc) is 3.42. The summed E-state index contributed by atoms with van der Waals surface area (Å²) < 4.78 is 57.3. The maximum atomic E-state index is 13.1. The first-order chi connectivity index (χ1) is 27.6. The minimum absolute atomic E-state index is 0.0642. The number of pyridine rings is 1. The van der Waals surface area contributed by atoms with Gasteiger partial charge in [-0.15, -0.1) is 5.75 Å². The zero-order valence-corrected chi connectivity index (χ0v) is 32.0. The molecule has 1 aliphatic carbocycles. The highest BCUT2D eigenvalue weighted by Crippen LogP contribution is 2.66. The monoisotopic (exact) mass is 877 g/mol. The van der Waals surface area contributed by atoms with E-state index in [1.54, 1.807) is 0 Å². The van der Waals surface area contributed by atoms with E-state index in [4.69, 9.17) is 18.9 Å². The summed E-state index contributed by atoms with van der Waals surface area (Å²) in [7, 11) is -17.1. The van der Waals surface area contributed by atoms with E-state index in [9.17, 15) is 63.1 Å². The van der Waals surface area contributed by atoms with Crippen LogP contribution in [0.2, 0.25) is 0 Å². The normalized spacial score (nSPS) is 20.0. The van der Waals surface area contributed by atoms with Gasteiger partial charge in [-0.1, -0.05) is 30.0 Å². The largest absolute Gasteiger partial charge is 0.872 e. The van der Waals surface area contributed by atoms with Gasteiger partial charge in [-0.25, -0.2) is 18.5 Å². The Morgan fingerprint density at radius 3 is 2.34 bits per heavy atom. The third-order valence-corrected chi connectivity index (χ3v) is 12.2. The minimum atomic E-state index is -5.84. The van der Waals surface area contributed by atoms with Gasteiger partial charge in [0.1, 0.15) is 35.8 Å². The average molecular weight is 878 g/mol. The highest BCUT2D eigenvalue weighted by atomic mass is 31.3. The number of phosphoric ester groups is 1. The van der Waals surface area contributed by atoms with Crippen LogP contribution in [0.1, 0.15) is 37.9 Å². The number of nitrogens with one attached hydrogen (secondary N) is 2. The van der Waals surface area contributed by atoms with Crippen molar-refractivity contribution in [2.45, 2.75) is 24.4 Å². The number of carbonyl (C=O) groups excluding carboxylic acids is 1. The van der Waals surface area contributed by atoms with Gasteiger partial charge in [-0.2, -0.15) is 8.62 Å². The van der Waals surface area contributed by atoms with Crippen molar-refractivity contribution >= 4 is 46.3 Å². The summed E-state index contributed by atoms with van der Waals surface area (Å²) in [6.45, 7) is -1.42. The number of carboxylic acids is 1. The molecule has 2 aromatic carbocycles. The summed E-state index contributed by atoms with van der Waals surface area (Å²) in [5, 5.41) is 46.2. The van der Waals surface area contributed by atoms with Crippen molar-refractivity contribution in [1.82, 2.24) is 10.3 Å². The number of carbonyl (C=O) groups is 2. The van der Waals surface area contributed by atoms with Gasteiger partial charge < -0.3 is 59.5 Å². The number of fused-ring (bicyclic) bond motifs is 2. The van der Waals surface area contributed by atoms with Crippen LogP contribution in [-0.4, -0.2) is 83.2 Å². The second kappa shape index (κ2) is 16.7. The summed E-state index contributed by atoms with van der Waals surface area (Å²) in [4.78, 5) is 89.0. The second-order valence-electron chi connectivity index (χ2n) is 12.5. The summed E-state index contributed by atoms with van der Waals surface area (Å²) in [6, 6.07) is 12.9. The van der Waals surface area contributed by atoms with Gasteiger partial charge in [0.25, 0.3) is 11.5 Å².